The number of benzene rings is 1. The number of fused-ring (bicyclic) bond motifs is 1. The minimum atomic E-state index is 1.02. The van der Waals surface area contributed by atoms with E-state index >= 15 is 0 Å². The Labute approximate surface area is 94.5 Å². The summed E-state index contributed by atoms with van der Waals surface area (Å²) in [5, 5.41) is 4.54. The van der Waals surface area contributed by atoms with Gasteiger partial charge in [0.1, 0.15) is 0 Å². The molecule has 80 valence electrons. The van der Waals surface area contributed by atoms with E-state index < -0.39 is 0 Å². The van der Waals surface area contributed by atoms with E-state index in [0.29, 0.717) is 0 Å². The van der Waals surface area contributed by atoms with Crippen molar-refractivity contribution >= 4 is 22.7 Å². The molecule has 2 N–H and O–H groups in total. The summed E-state index contributed by atoms with van der Waals surface area (Å²) in [7, 11) is 1.99. The van der Waals surface area contributed by atoms with Crippen LogP contribution in [0.5, 0.6) is 0 Å². The molecule has 1 aromatic heterocycles. The minimum Gasteiger partial charge on any atom is -0.361 e. The van der Waals surface area contributed by atoms with E-state index in [1.807, 2.05) is 7.05 Å². The molecule has 1 aromatic carbocycles. The van der Waals surface area contributed by atoms with Crippen LogP contribution >= 0.6 is 11.8 Å². The van der Waals surface area contributed by atoms with Gasteiger partial charge in [0, 0.05) is 22.0 Å². The first kappa shape index (κ1) is 10.6. The van der Waals surface area contributed by atoms with Crippen molar-refractivity contribution in [2.75, 3.05) is 19.8 Å². The van der Waals surface area contributed by atoms with E-state index in [2.05, 4.69) is 41.0 Å². The van der Waals surface area contributed by atoms with Crippen molar-refractivity contribution in [1.29, 1.82) is 0 Å². The van der Waals surface area contributed by atoms with Gasteiger partial charge >= 0.3 is 0 Å². The highest BCUT2D eigenvalue weighted by atomic mass is 32.2. The van der Waals surface area contributed by atoms with Gasteiger partial charge in [-0.1, -0.05) is 0 Å². The molecule has 0 fully saturated rings. The Balaban J connectivity index is 2.38. The normalized spacial score (nSPS) is 11.1. The molecule has 2 nitrogen and oxygen atoms in total. The molecule has 3 heteroatoms. The van der Waals surface area contributed by atoms with Crippen LogP contribution in [0, 0.1) is 0 Å². The molecule has 0 radical (unpaired) electrons. The monoisotopic (exact) mass is 220 g/mol. The van der Waals surface area contributed by atoms with Crippen LogP contribution in [0.15, 0.2) is 29.3 Å². The standard InChI is InChI=1S/C12H16N2S/c1-13-6-5-9-8-14-12-4-3-10(15-2)7-11(9)12/h3-4,7-8,13-14H,5-6H2,1-2H3. The first-order valence-electron chi connectivity index (χ1n) is 5.13. The predicted octanol–water partition coefficient (Wildman–Crippen LogP) is 2.65. The highest BCUT2D eigenvalue weighted by Gasteiger charge is 2.03. The Bertz CT molecular complexity index is 448. The number of aromatic nitrogens is 1. The lowest BCUT2D eigenvalue weighted by Crippen LogP contribution is -2.09. The van der Waals surface area contributed by atoms with Crippen LogP contribution < -0.4 is 5.32 Å². The molecular weight excluding hydrogens is 204 g/mol. The second-order valence-electron chi connectivity index (χ2n) is 3.58. The van der Waals surface area contributed by atoms with Crippen molar-refractivity contribution in [2.24, 2.45) is 0 Å². The van der Waals surface area contributed by atoms with Crippen LogP contribution in [-0.2, 0) is 6.42 Å². The third kappa shape index (κ3) is 2.19. The summed E-state index contributed by atoms with van der Waals surface area (Å²) >= 11 is 1.79. The third-order valence-electron chi connectivity index (χ3n) is 2.62. The van der Waals surface area contributed by atoms with Gasteiger partial charge in [-0.3, -0.25) is 0 Å². The minimum absolute atomic E-state index is 1.02. The molecule has 0 aliphatic carbocycles. The summed E-state index contributed by atoms with van der Waals surface area (Å²) in [5.74, 6) is 0. The van der Waals surface area contributed by atoms with Crippen LogP contribution in [0.3, 0.4) is 0 Å². The average Bonchev–Trinajstić information content (AvgIpc) is 2.68. The molecular formula is C12H16N2S. The zero-order chi connectivity index (χ0) is 10.7. The molecule has 2 rings (SSSR count). The predicted molar refractivity (Wildman–Crippen MR) is 67.7 cm³/mol. The van der Waals surface area contributed by atoms with E-state index in [-0.39, 0.29) is 0 Å². The van der Waals surface area contributed by atoms with Gasteiger partial charge < -0.3 is 10.3 Å². The number of likely N-dealkylation sites (N-methyl/N-ethyl adjacent to an activating group) is 1. The fraction of sp³-hybridized carbons (Fsp3) is 0.333. The molecule has 0 spiro atoms. The Morgan fingerprint density at radius 2 is 2.27 bits per heavy atom. The lowest BCUT2D eigenvalue weighted by atomic mass is 10.1. The van der Waals surface area contributed by atoms with E-state index in [9.17, 15) is 0 Å². The van der Waals surface area contributed by atoms with Gasteiger partial charge in [-0.2, -0.15) is 0 Å². The quantitative estimate of drug-likeness (QED) is 0.775. The SMILES string of the molecule is CNCCc1c[nH]c2ccc(SC)cc12. The van der Waals surface area contributed by atoms with Crippen LogP contribution in [-0.4, -0.2) is 24.8 Å². The third-order valence-corrected chi connectivity index (χ3v) is 3.34. The van der Waals surface area contributed by atoms with E-state index in [1.54, 1.807) is 11.8 Å². The van der Waals surface area contributed by atoms with Gasteiger partial charge in [0.15, 0.2) is 0 Å². The summed E-state index contributed by atoms with van der Waals surface area (Å²) in [4.78, 5) is 4.64. The van der Waals surface area contributed by atoms with Crippen molar-refractivity contribution in [3.8, 4) is 0 Å². The smallest absolute Gasteiger partial charge is 0.0457 e. The number of thioether (sulfide) groups is 1. The van der Waals surface area contributed by atoms with Crippen molar-refractivity contribution in [2.45, 2.75) is 11.3 Å². The maximum absolute atomic E-state index is 3.31. The number of rotatable bonds is 4. The first-order valence-corrected chi connectivity index (χ1v) is 6.36. The van der Waals surface area contributed by atoms with Crippen LogP contribution in [0.2, 0.25) is 0 Å². The molecule has 0 saturated heterocycles. The van der Waals surface area contributed by atoms with E-state index in [4.69, 9.17) is 0 Å². The fourth-order valence-electron chi connectivity index (χ4n) is 1.75. The number of nitrogens with one attached hydrogen (secondary N) is 2. The van der Waals surface area contributed by atoms with Gasteiger partial charge in [-0.15, -0.1) is 11.8 Å². The molecule has 0 aliphatic heterocycles. The molecule has 0 amide bonds. The van der Waals surface area contributed by atoms with Crippen molar-refractivity contribution in [1.82, 2.24) is 10.3 Å². The zero-order valence-corrected chi connectivity index (χ0v) is 9.95. The van der Waals surface area contributed by atoms with Crippen molar-refractivity contribution in [3.05, 3.63) is 30.0 Å². The summed E-state index contributed by atoms with van der Waals surface area (Å²) in [5.41, 5.74) is 2.63. The molecule has 0 saturated carbocycles. The van der Waals surface area contributed by atoms with E-state index in [1.165, 1.54) is 21.4 Å². The Hall–Kier alpha value is -0.930. The molecule has 0 bridgehead atoms. The first-order chi connectivity index (χ1) is 7.35. The summed E-state index contributed by atoms with van der Waals surface area (Å²) in [6.07, 6.45) is 5.31. The largest absolute Gasteiger partial charge is 0.361 e. The molecule has 0 unspecified atom stereocenters. The van der Waals surface area contributed by atoms with Crippen LogP contribution in [0.1, 0.15) is 5.56 Å². The zero-order valence-electron chi connectivity index (χ0n) is 9.13. The fourth-order valence-corrected chi connectivity index (χ4v) is 2.19. The van der Waals surface area contributed by atoms with Crippen LogP contribution in [0.25, 0.3) is 10.9 Å². The van der Waals surface area contributed by atoms with Crippen molar-refractivity contribution < 1.29 is 0 Å². The number of aromatic amines is 1. The maximum Gasteiger partial charge on any atom is 0.0457 e. The molecule has 15 heavy (non-hydrogen) atoms. The molecule has 0 atom stereocenters. The summed E-state index contributed by atoms with van der Waals surface area (Å²) < 4.78 is 0. The van der Waals surface area contributed by atoms with Gasteiger partial charge in [0.2, 0.25) is 0 Å². The number of H-pyrrole nitrogens is 1. The Morgan fingerprint density at radius 3 is 3.00 bits per heavy atom. The highest BCUT2D eigenvalue weighted by Crippen LogP contribution is 2.24. The number of hydrogen-bond donors (Lipinski definition) is 2. The second kappa shape index (κ2) is 4.73. The van der Waals surface area contributed by atoms with Gasteiger partial charge in [-0.25, -0.2) is 0 Å². The maximum atomic E-state index is 3.31. The van der Waals surface area contributed by atoms with E-state index in [0.717, 1.165) is 13.0 Å². The highest BCUT2D eigenvalue weighted by molar-refractivity contribution is 7.98. The number of hydrogen-bond acceptors (Lipinski definition) is 2. The van der Waals surface area contributed by atoms with Crippen molar-refractivity contribution in [3.63, 3.8) is 0 Å². The topological polar surface area (TPSA) is 27.8 Å². The lowest BCUT2D eigenvalue weighted by molar-refractivity contribution is 0.795. The van der Waals surface area contributed by atoms with Crippen LogP contribution in [0.4, 0.5) is 0 Å². The molecule has 2 aromatic rings. The lowest BCUT2D eigenvalue weighted by Gasteiger charge is -2.00. The molecule has 0 aliphatic rings. The van der Waals surface area contributed by atoms with Gasteiger partial charge in [0.25, 0.3) is 0 Å². The molecule has 1 heterocycles. The Kier molecular flexibility index (Phi) is 3.34. The van der Waals surface area contributed by atoms with Gasteiger partial charge in [-0.05, 0) is 50.0 Å². The Morgan fingerprint density at radius 1 is 1.40 bits per heavy atom. The summed E-state index contributed by atoms with van der Waals surface area (Å²) in [6.45, 7) is 1.02. The second-order valence-corrected chi connectivity index (χ2v) is 4.46. The van der Waals surface area contributed by atoms with Gasteiger partial charge in [0.05, 0.1) is 0 Å². The summed E-state index contributed by atoms with van der Waals surface area (Å²) in [6, 6.07) is 6.58. The average molecular weight is 220 g/mol.